The van der Waals surface area contributed by atoms with Gasteiger partial charge < -0.3 is 10.1 Å². The molecule has 0 saturated carbocycles. The summed E-state index contributed by atoms with van der Waals surface area (Å²) in [5.41, 5.74) is 5.21. The third kappa shape index (κ3) is 4.05. The first kappa shape index (κ1) is 20.8. The highest BCUT2D eigenvalue weighted by Gasteiger charge is 2.19. The summed E-state index contributed by atoms with van der Waals surface area (Å²) in [6.07, 6.45) is 6.69. The number of nitrogens with zero attached hydrogens (tertiary/aromatic N) is 4. The number of nitrogens with one attached hydrogen (secondary N) is 1. The number of carbonyl (C=O) groups excluding carboxylic acids is 1. The molecule has 1 aliphatic carbocycles. The van der Waals surface area contributed by atoms with Gasteiger partial charge in [0.05, 0.1) is 23.2 Å². The van der Waals surface area contributed by atoms with Gasteiger partial charge in [-0.3, -0.25) is 4.79 Å². The summed E-state index contributed by atoms with van der Waals surface area (Å²) in [6, 6.07) is 0. The zero-order valence-electron chi connectivity index (χ0n) is 18.2. The lowest BCUT2D eigenvalue weighted by Gasteiger charge is -2.11. The number of fused-ring (bicyclic) bond motifs is 2. The van der Waals surface area contributed by atoms with Crippen molar-refractivity contribution < 1.29 is 9.53 Å². The van der Waals surface area contributed by atoms with Crippen molar-refractivity contribution in [1.29, 1.82) is 0 Å². The SMILES string of the molecule is COc1nn(C)c2nc(C)c(CCC(=O)NCCc3nc4c(s3)CCCC4)c(C)c12. The number of thiazole rings is 1. The van der Waals surface area contributed by atoms with Gasteiger partial charge in [-0.05, 0) is 57.1 Å². The van der Waals surface area contributed by atoms with Crippen LogP contribution in [0.2, 0.25) is 0 Å². The average molecular weight is 428 g/mol. The summed E-state index contributed by atoms with van der Waals surface area (Å²) < 4.78 is 7.16. The van der Waals surface area contributed by atoms with Crippen molar-refractivity contribution in [1.82, 2.24) is 25.1 Å². The minimum absolute atomic E-state index is 0.0633. The van der Waals surface area contributed by atoms with Gasteiger partial charge >= 0.3 is 0 Å². The van der Waals surface area contributed by atoms with Gasteiger partial charge in [-0.25, -0.2) is 14.6 Å². The Labute approximate surface area is 180 Å². The van der Waals surface area contributed by atoms with Crippen LogP contribution in [0.4, 0.5) is 0 Å². The molecule has 3 heterocycles. The number of hydrogen-bond acceptors (Lipinski definition) is 6. The number of rotatable bonds is 7. The van der Waals surface area contributed by atoms with E-state index in [4.69, 9.17) is 14.7 Å². The van der Waals surface area contributed by atoms with E-state index in [9.17, 15) is 4.79 Å². The molecule has 0 radical (unpaired) electrons. The smallest absolute Gasteiger partial charge is 0.242 e. The lowest BCUT2D eigenvalue weighted by atomic mass is 10.00. The molecule has 0 unspecified atom stereocenters. The molecule has 1 N–H and O–H groups in total. The topological polar surface area (TPSA) is 81.9 Å². The molecule has 3 aromatic rings. The summed E-state index contributed by atoms with van der Waals surface area (Å²) in [4.78, 5) is 23.3. The molecule has 3 aromatic heterocycles. The second-order valence-electron chi connectivity index (χ2n) is 7.92. The molecule has 160 valence electrons. The van der Waals surface area contributed by atoms with Crippen molar-refractivity contribution in [3.05, 3.63) is 32.4 Å². The van der Waals surface area contributed by atoms with Crippen molar-refractivity contribution in [3.8, 4) is 5.88 Å². The molecule has 1 aliphatic rings. The first-order valence-electron chi connectivity index (χ1n) is 10.6. The fourth-order valence-corrected chi connectivity index (χ4v) is 5.41. The maximum atomic E-state index is 12.4. The third-order valence-corrected chi connectivity index (χ3v) is 7.09. The number of hydrogen-bond donors (Lipinski definition) is 1. The van der Waals surface area contributed by atoms with Crippen LogP contribution >= 0.6 is 11.3 Å². The fourth-order valence-electron chi connectivity index (χ4n) is 4.26. The molecule has 0 fully saturated rings. The Morgan fingerprint density at radius 2 is 2.00 bits per heavy atom. The molecular weight excluding hydrogens is 398 g/mol. The van der Waals surface area contributed by atoms with Gasteiger partial charge in [0, 0.05) is 37.0 Å². The van der Waals surface area contributed by atoms with Crippen molar-refractivity contribution in [2.24, 2.45) is 7.05 Å². The highest BCUT2D eigenvalue weighted by atomic mass is 32.1. The summed E-state index contributed by atoms with van der Waals surface area (Å²) in [7, 11) is 3.48. The average Bonchev–Trinajstić information content (AvgIpc) is 3.28. The number of amides is 1. The second kappa shape index (κ2) is 8.71. The molecule has 0 bridgehead atoms. The Morgan fingerprint density at radius 3 is 2.77 bits per heavy atom. The van der Waals surface area contributed by atoms with Crippen LogP contribution in [-0.4, -0.2) is 39.3 Å². The largest absolute Gasteiger partial charge is 0.479 e. The molecular formula is C22H29N5O2S. The predicted molar refractivity (Wildman–Crippen MR) is 118 cm³/mol. The zero-order chi connectivity index (χ0) is 21.3. The monoisotopic (exact) mass is 427 g/mol. The van der Waals surface area contributed by atoms with Gasteiger partial charge in [0.2, 0.25) is 11.8 Å². The third-order valence-electron chi connectivity index (χ3n) is 5.87. The Hall–Kier alpha value is -2.48. The maximum absolute atomic E-state index is 12.4. The fraction of sp³-hybridized carbons (Fsp3) is 0.545. The standard InChI is InChI=1S/C22H29N5O2S/c1-13-15(14(2)24-21-20(13)22(29-4)26-27(21)3)9-10-18(28)23-12-11-19-25-16-7-5-6-8-17(16)30-19/h5-12H2,1-4H3,(H,23,28). The second-order valence-corrected chi connectivity index (χ2v) is 9.08. The van der Waals surface area contributed by atoms with Gasteiger partial charge in [0.25, 0.3) is 0 Å². The summed E-state index contributed by atoms with van der Waals surface area (Å²) >= 11 is 1.82. The van der Waals surface area contributed by atoms with E-state index >= 15 is 0 Å². The zero-order valence-corrected chi connectivity index (χ0v) is 19.0. The van der Waals surface area contributed by atoms with Crippen LogP contribution in [0.15, 0.2) is 0 Å². The summed E-state index contributed by atoms with van der Waals surface area (Å²) in [5, 5.41) is 9.51. The van der Waals surface area contributed by atoms with Crippen molar-refractivity contribution >= 4 is 28.3 Å². The van der Waals surface area contributed by atoms with E-state index in [0.717, 1.165) is 52.1 Å². The molecule has 8 heteroatoms. The van der Waals surface area contributed by atoms with Crippen LogP contribution in [0.1, 0.15) is 51.7 Å². The van der Waals surface area contributed by atoms with Crippen molar-refractivity contribution in [2.75, 3.05) is 13.7 Å². The molecule has 30 heavy (non-hydrogen) atoms. The van der Waals surface area contributed by atoms with Gasteiger partial charge in [0.15, 0.2) is 5.65 Å². The van der Waals surface area contributed by atoms with Crippen molar-refractivity contribution in [2.45, 2.75) is 58.8 Å². The predicted octanol–water partition coefficient (Wildman–Crippen LogP) is 3.22. The van der Waals surface area contributed by atoms with Gasteiger partial charge in [-0.15, -0.1) is 16.4 Å². The molecule has 4 rings (SSSR count). The van der Waals surface area contributed by atoms with E-state index in [1.165, 1.54) is 23.4 Å². The van der Waals surface area contributed by atoms with Crippen LogP contribution in [-0.2, 0) is 37.5 Å². The van der Waals surface area contributed by atoms with Crippen LogP contribution < -0.4 is 10.1 Å². The molecule has 1 amide bonds. The lowest BCUT2D eigenvalue weighted by Crippen LogP contribution is -2.26. The maximum Gasteiger partial charge on any atom is 0.242 e. The van der Waals surface area contributed by atoms with E-state index in [2.05, 4.69) is 17.3 Å². The van der Waals surface area contributed by atoms with Crippen LogP contribution in [0.25, 0.3) is 11.0 Å². The molecule has 7 nitrogen and oxygen atoms in total. The quantitative estimate of drug-likeness (QED) is 0.626. The van der Waals surface area contributed by atoms with Gasteiger partial charge in [-0.1, -0.05) is 0 Å². The molecule has 0 saturated heterocycles. The van der Waals surface area contributed by atoms with Crippen LogP contribution in [0.3, 0.4) is 0 Å². The van der Waals surface area contributed by atoms with E-state index in [-0.39, 0.29) is 5.91 Å². The number of pyridine rings is 1. The number of aromatic nitrogens is 4. The van der Waals surface area contributed by atoms with Crippen LogP contribution in [0.5, 0.6) is 5.88 Å². The van der Waals surface area contributed by atoms with Gasteiger partial charge in [-0.2, -0.15) is 0 Å². The van der Waals surface area contributed by atoms with E-state index in [1.807, 2.05) is 25.3 Å². The lowest BCUT2D eigenvalue weighted by molar-refractivity contribution is -0.121. The Bertz CT molecular complexity index is 1060. The Balaban J connectivity index is 1.35. The summed E-state index contributed by atoms with van der Waals surface area (Å²) in [5.74, 6) is 0.641. The normalized spacial score (nSPS) is 13.5. The molecule has 0 spiro atoms. The number of methoxy groups -OCH3 is 1. The Kier molecular flexibility index (Phi) is 6.04. The van der Waals surface area contributed by atoms with Gasteiger partial charge in [0.1, 0.15) is 0 Å². The molecule has 0 atom stereocenters. The summed E-state index contributed by atoms with van der Waals surface area (Å²) in [6.45, 7) is 4.68. The number of ether oxygens (including phenoxy) is 1. The van der Waals surface area contributed by atoms with E-state index < -0.39 is 0 Å². The minimum Gasteiger partial charge on any atom is -0.479 e. The number of carbonyl (C=O) groups is 1. The number of aryl methyl sites for hydroxylation is 5. The Morgan fingerprint density at radius 1 is 1.20 bits per heavy atom. The first-order valence-corrected chi connectivity index (χ1v) is 11.4. The van der Waals surface area contributed by atoms with E-state index in [1.54, 1.807) is 11.8 Å². The van der Waals surface area contributed by atoms with Crippen molar-refractivity contribution in [3.63, 3.8) is 0 Å². The highest BCUT2D eigenvalue weighted by molar-refractivity contribution is 7.11. The highest BCUT2D eigenvalue weighted by Crippen LogP contribution is 2.30. The first-order chi connectivity index (χ1) is 14.5. The van der Waals surface area contributed by atoms with E-state index in [0.29, 0.717) is 25.3 Å². The minimum atomic E-state index is 0.0633. The molecule has 0 aliphatic heterocycles. The molecule has 0 aromatic carbocycles. The van der Waals surface area contributed by atoms with Crippen LogP contribution in [0, 0.1) is 13.8 Å².